The Morgan fingerprint density at radius 2 is 2.19 bits per heavy atom. The summed E-state index contributed by atoms with van der Waals surface area (Å²) in [6.45, 7) is 3.02. The molecule has 0 aliphatic carbocycles. The molecular formula is C12H18N4O5. The second-order valence-electron chi connectivity index (χ2n) is 4.85. The van der Waals surface area contributed by atoms with Gasteiger partial charge in [-0.2, -0.15) is 4.98 Å². The number of anilines is 2. The van der Waals surface area contributed by atoms with E-state index in [4.69, 9.17) is 16.2 Å². The summed E-state index contributed by atoms with van der Waals surface area (Å²) in [5.74, 6) is -0.142. The minimum absolute atomic E-state index is 0.00727. The normalized spacial score (nSPS) is 32.2. The number of aromatic nitrogens is 2. The van der Waals surface area contributed by atoms with E-state index in [0.717, 1.165) is 4.57 Å². The van der Waals surface area contributed by atoms with Crippen molar-refractivity contribution >= 4 is 11.5 Å². The molecule has 0 aromatic carbocycles. The Balaban J connectivity index is 2.62. The van der Waals surface area contributed by atoms with Crippen molar-refractivity contribution in [3.63, 3.8) is 0 Å². The summed E-state index contributed by atoms with van der Waals surface area (Å²) >= 11 is 0. The van der Waals surface area contributed by atoms with Crippen LogP contribution in [0.3, 0.4) is 0 Å². The predicted octanol–water partition coefficient (Wildman–Crippen LogP) is -2.25. The van der Waals surface area contributed by atoms with Gasteiger partial charge < -0.3 is 31.5 Å². The molecule has 0 amide bonds. The third kappa shape index (κ3) is 2.29. The van der Waals surface area contributed by atoms with Crippen molar-refractivity contribution in [1.82, 2.24) is 9.55 Å². The van der Waals surface area contributed by atoms with E-state index in [1.54, 1.807) is 0 Å². The fourth-order valence-corrected chi connectivity index (χ4v) is 2.44. The van der Waals surface area contributed by atoms with Crippen LogP contribution in [0, 0.1) is 0 Å². The molecular weight excluding hydrogens is 280 g/mol. The lowest BCUT2D eigenvalue weighted by molar-refractivity contribution is -0.148. The summed E-state index contributed by atoms with van der Waals surface area (Å²) < 4.78 is 6.49. The quantitative estimate of drug-likeness (QED) is 0.390. The summed E-state index contributed by atoms with van der Waals surface area (Å²) in [5.41, 5.74) is 8.67. The van der Waals surface area contributed by atoms with Gasteiger partial charge in [-0.1, -0.05) is 6.08 Å². The van der Waals surface area contributed by atoms with Gasteiger partial charge in [-0.15, -0.1) is 6.58 Å². The number of ether oxygens (including phenoxy) is 1. The van der Waals surface area contributed by atoms with Crippen molar-refractivity contribution in [2.24, 2.45) is 0 Å². The summed E-state index contributed by atoms with van der Waals surface area (Å²) in [5, 5.41) is 29.4. The van der Waals surface area contributed by atoms with Crippen LogP contribution in [0.15, 0.2) is 23.6 Å². The van der Waals surface area contributed by atoms with Crippen LogP contribution in [0.4, 0.5) is 11.5 Å². The molecule has 2 heterocycles. The van der Waals surface area contributed by atoms with Crippen molar-refractivity contribution in [2.45, 2.75) is 30.5 Å². The fourth-order valence-electron chi connectivity index (χ4n) is 2.44. The monoisotopic (exact) mass is 298 g/mol. The standard InChI is InChI=1S/C12H18N4O5/c1-2-3-12(9(19)8(18)7(5-17)21-12)16-4-6(13)10(14)15-11(16)20/h2,4,7-9,17-19H,1,3,5,13H2,(H2,14,15,20)/t7-,8-,9-,12-/m1/s1. The summed E-state index contributed by atoms with van der Waals surface area (Å²) in [6, 6.07) is 0. The molecule has 1 aliphatic heterocycles. The zero-order chi connectivity index (χ0) is 15.8. The van der Waals surface area contributed by atoms with Gasteiger partial charge in [0.15, 0.2) is 11.5 Å². The van der Waals surface area contributed by atoms with Gasteiger partial charge in [-0.05, 0) is 0 Å². The number of hydrogen-bond acceptors (Lipinski definition) is 8. The molecule has 0 saturated carbocycles. The van der Waals surface area contributed by atoms with Gasteiger partial charge in [0.2, 0.25) is 0 Å². The molecule has 1 fully saturated rings. The average Bonchev–Trinajstić information content (AvgIpc) is 2.69. The molecule has 4 atom stereocenters. The van der Waals surface area contributed by atoms with Crippen LogP contribution in [0.5, 0.6) is 0 Å². The van der Waals surface area contributed by atoms with Crippen LogP contribution in [0.2, 0.25) is 0 Å². The average molecular weight is 298 g/mol. The van der Waals surface area contributed by atoms with Crippen LogP contribution in [-0.2, 0) is 10.5 Å². The first kappa shape index (κ1) is 15.4. The maximum Gasteiger partial charge on any atom is 0.352 e. The third-order valence-corrected chi connectivity index (χ3v) is 3.53. The number of nitrogens with zero attached hydrogens (tertiary/aromatic N) is 2. The zero-order valence-electron chi connectivity index (χ0n) is 11.2. The molecule has 21 heavy (non-hydrogen) atoms. The second kappa shape index (κ2) is 5.45. The number of nitrogens with two attached hydrogens (primary N) is 2. The van der Waals surface area contributed by atoms with Crippen LogP contribution in [0.25, 0.3) is 0 Å². The van der Waals surface area contributed by atoms with E-state index < -0.39 is 36.3 Å². The minimum atomic E-state index is -1.65. The van der Waals surface area contributed by atoms with Gasteiger partial charge in [0.1, 0.15) is 18.3 Å². The summed E-state index contributed by atoms with van der Waals surface area (Å²) in [4.78, 5) is 15.6. The molecule has 1 saturated heterocycles. The van der Waals surface area contributed by atoms with E-state index in [1.165, 1.54) is 12.3 Å². The fraction of sp³-hybridized carbons (Fsp3) is 0.500. The van der Waals surface area contributed by atoms with E-state index in [1.807, 2.05) is 0 Å². The molecule has 9 nitrogen and oxygen atoms in total. The number of rotatable bonds is 4. The SMILES string of the molecule is C=CC[C@@]1(n2cc(N)c(N)nc2=O)O[C@H](CO)[C@@H](O)[C@H]1O. The Morgan fingerprint density at radius 3 is 2.71 bits per heavy atom. The first-order valence-electron chi connectivity index (χ1n) is 6.28. The van der Waals surface area contributed by atoms with Crippen molar-refractivity contribution in [3.05, 3.63) is 29.3 Å². The van der Waals surface area contributed by atoms with Crippen molar-refractivity contribution in [2.75, 3.05) is 18.1 Å². The Morgan fingerprint density at radius 1 is 1.52 bits per heavy atom. The molecule has 1 aromatic heterocycles. The van der Waals surface area contributed by atoms with Crippen LogP contribution < -0.4 is 17.2 Å². The predicted molar refractivity (Wildman–Crippen MR) is 74.1 cm³/mol. The first-order chi connectivity index (χ1) is 9.87. The molecule has 7 N–H and O–H groups in total. The molecule has 116 valence electrons. The second-order valence-corrected chi connectivity index (χ2v) is 4.85. The molecule has 9 heteroatoms. The minimum Gasteiger partial charge on any atom is -0.395 e. The Labute approximate surface area is 120 Å². The summed E-state index contributed by atoms with van der Waals surface area (Å²) in [6.07, 6.45) is -1.31. The van der Waals surface area contributed by atoms with Gasteiger partial charge in [-0.3, -0.25) is 4.57 Å². The van der Waals surface area contributed by atoms with Crippen LogP contribution in [0.1, 0.15) is 6.42 Å². The highest BCUT2D eigenvalue weighted by molar-refractivity contribution is 5.55. The van der Waals surface area contributed by atoms with Crippen molar-refractivity contribution < 1.29 is 20.1 Å². The van der Waals surface area contributed by atoms with Crippen molar-refractivity contribution in [1.29, 1.82) is 0 Å². The van der Waals surface area contributed by atoms with E-state index >= 15 is 0 Å². The first-order valence-corrected chi connectivity index (χ1v) is 6.28. The lowest BCUT2D eigenvalue weighted by atomic mass is 9.99. The van der Waals surface area contributed by atoms with Gasteiger partial charge in [0.25, 0.3) is 0 Å². The highest BCUT2D eigenvalue weighted by atomic mass is 16.6. The lowest BCUT2D eigenvalue weighted by Crippen LogP contribution is -2.50. The highest BCUT2D eigenvalue weighted by Gasteiger charge is 2.55. The molecule has 0 radical (unpaired) electrons. The molecule has 0 bridgehead atoms. The Kier molecular flexibility index (Phi) is 4.01. The van der Waals surface area contributed by atoms with E-state index in [2.05, 4.69) is 11.6 Å². The van der Waals surface area contributed by atoms with E-state index in [9.17, 15) is 20.1 Å². The Hall–Kier alpha value is -1.94. The Bertz CT molecular complexity index is 604. The van der Waals surface area contributed by atoms with Crippen LogP contribution in [-0.4, -0.2) is 49.8 Å². The maximum absolute atomic E-state index is 12.1. The van der Waals surface area contributed by atoms with Gasteiger partial charge in [0, 0.05) is 12.6 Å². The topological polar surface area (TPSA) is 157 Å². The molecule has 0 spiro atoms. The van der Waals surface area contributed by atoms with E-state index in [0.29, 0.717) is 0 Å². The smallest absolute Gasteiger partial charge is 0.352 e. The van der Waals surface area contributed by atoms with Gasteiger partial charge in [-0.25, -0.2) is 4.79 Å². The van der Waals surface area contributed by atoms with Gasteiger partial charge in [0.05, 0.1) is 12.3 Å². The van der Waals surface area contributed by atoms with E-state index in [-0.39, 0.29) is 17.9 Å². The number of hydrogen-bond donors (Lipinski definition) is 5. The molecule has 1 aliphatic rings. The lowest BCUT2D eigenvalue weighted by Gasteiger charge is -2.33. The van der Waals surface area contributed by atoms with Crippen LogP contribution >= 0.6 is 0 Å². The number of aliphatic hydroxyl groups excluding tert-OH is 3. The maximum atomic E-state index is 12.1. The zero-order valence-corrected chi connectivity index (χ0v) is 11.2. The molecule has 0 unspecified atom stereocenters. The molecule has 1 aromatic rings. The van der Waals surface area contributed by atoms with Crippen molar-refractivity contribution in [3.8, 4) is 0 Å². The highest BCUT2D eigenvalue weighted by Crippen LogP contribution is 2.38. The number of aliphatic hydroxyl groups is 3. The number of nitrogen functional groups attached to an aromatic ring is 2. The third-order valence-electron chi connectivity index (χ3n) is 3.53. The largest absolute Gasteiger partial charge is 0.395 e. The molecule has 2 rings (SSSR count). The summed E-state index contributed by atoms with van der Waals surface area (Å²) in [7, 11) is 0. The van der Waals surface area contributed by atoms with Gasteiger partial charge >= 0.3 is 5.69 Å².